The van der Waals surface area contributed by atoms with Crippen LogP contribution in [-0.2, 0) is 17.8 Å². The molecule has 4 heterocycles. The number of ether oxygens (including phenoxy) is 1. The van der Waals surface area contributed by atoms with Gasteiger partial charge in [-0.15, -0.1) is 0 Å². The molecule has 176 valence electrons. The molecule has 1 saturated heterocycles. The standard InChI is InChI=1S/C26H27N3O4S/c1-17-13-22(18(2)28(17)14-19-7-5-11-32-19)24(30)16-34-26-27-23-10-4-3-9-21(23)25(31)29(26)15-20-8-6-12-33-20/h3-4,6,8-10,12-13,19H,5,7,11,14-16H2,1-2H3/t19-/m0/s1. The maximum Gasteiger partial charge on any atom is 0.262 e. The Kier molecular flexibility index (Phi) is 6.43. The molecule has 1 aromatic carbocycles. The lowest BCUT2D eigenvalue weighted by Gasteiger charge is -2.15. The van der Waals surface area contributed by atoms with E-state index >= 15 is 0 Å². The molecule has 0 spiro atoms. The van der Waals surface area contributed by atoms with Crippen molar-refractivity contribution in [3.05, 3.63) is 81.8 Å². The van der Waals surface area contributed by atoms with Crippen LogP contribution in [0.3, 0.4) is 0 Å². The Bertz CT molecular complexity index is 1380. The Hall–Kier alpha value is -3.10. The molecule has 5 rings (SSSR count). The Labute approximate surface area is 201 Å². The molecule has 0 amide bonds. The lowest BCUT2D eigenvalue weighted by molar-refractivity contribution is 0.0957. The zero-order valence-corrected chi connectivity index (χ0v) is 20.1. The molecule has 1 aliphatic rings. The van der Waals surface area contributed by atoms with Crippen LogP contribution in [0, 0.1) is 13.8 Å². The number of carbonyl (C=O) groups excluding carboxylic acids is 1. The number of rotatable bonds is 8. The average Bonchev–Trinajstić information content (AvgIpc) is 3.59. The first-order valence-corrected chi connectivity index (χ1v) is 12.5. The van der Waals surface area contributed by atoms with Crippen LogP contribution in [0.4, 0.5) is 0 Å². The van der Waals surface area contributed by atoms with E-state index in [1.807, 2.05) is 44.2 Å². The summed E-state index contributed by atoms with van der Waals surface area (Å²) >= 11 is 1.28. The third kappa shape index (κ3) is 4.48. The summed E-state index contributed by atoms with van der Waals surface area (Å²) in [6, 6.07) is 12.8. The maximum atomic E-state index is 13.2. The summed E-state index contributed by atoms with van der Waals surface area (Å²) in [6.45, 7) is 5.85. The van der Waals surface area contributed by atoms with Gasteiger partial charge in [0.2, 0.25) is 0 Å². The molecule has 1 atom stereocenters. The van der Waals surface area contributed by atoms with Crippen molar-refractivity contribution in [1.29, 1.82) is 0 Å². The van der Waals surface area contributed by atoms with Crippen molar-refractivity contribution in [2.45, 2.75) is 51.0 Å². The first-order chi connectivity index (χ1) is 16.5. The molecule has 0 unspecified atom stereocenters. The van der Waals surface area contributed by atoms with Crippen molar-refractivity contribution in [3.8, 4) is 0 Å². The Morgan fingerprint density at radius 2 is 2.03 bits per heavy atom. The zero-order chi connectivity index (χ0) is 23.7. The molecule has 0 N–H and O–H groups in total. The number of para-hydroxylation sites is 1. The smallest absolute Gasteiger partial charge is 0.262 e. The molecule has 1 aliphatic heterocycles. The van der Waals surface area contributed by atoms with Gasteiger partial charge in [-0.25, -0.2) is 4.98 Å². The third-order valence-electron chi connectivity index (χ3n) is 6.34. The van der Waals surface area contributed by atoms with Gasteiger partial charge in [-0.05, 0) is 57.0 Å². The number of benzene rings is 1. The lowest BCUT2D eigenvalue weighted by atomic mass is 10.2. The number of Topliss-reactive ketones (excluding diaryl/α,β-unsaturated/α-hetero) is 1. The number of ketones is 1. The second-order valence-corrected chi connectivity index (χ2v) is 9.57. The van der Waals surface area contributed by atoms with Gasteiger partial charge in [-0.1, -0.05) is 23.9 Å². The van der Waals surface area contributed by atoms with Crippen LogP contribution in [0.25, 0.3) is 10.9 Å². The molecule has 7 nitrogen and oxygen atoms in total. The summed E-state index contributed by atoms with van der Waals surface area (Å²) < 4.78 is 15.0. The van der Waals surface area contributed by atoms with E-state index in [1.165, 1.54) is 11.8 Å². The lowest BCUT2D eigenvalue weighted by Crippen LogP contribution is -2.24. The Balaban J connectivity index is 1.40. The summed E-state index contributed by atoms with van der Waals surface area (Å²) in [5.74, 6) is 0.862. The van der Waals surface area contributed by atoms with E-state index in [9.17, 15) is 9.59 Å². The minimum absolute atomic E-state index is 0.0173. The van der Waals surface area contributed by atoms with Gasteiger partial charge in [0.05, 0.1) is 35.6 Å². The fourth-order valence-electron chi connectivity index (χ4n) is 4.52. The van der Waals surface area contributed by atoms with Crippen LogP contribution >= 0.6 is 11.8 Å². The van der Waals surface area contributed by atoms with Crippen LogP contribution in [-0.4, -0.2) is 38.4 Å². The maximum absolute atomic E-state index is 13.2. The van der Waals surface area contributed by atoms with Crippen LogP contribution in [0.15, 0.2) is 63.1 Å². The van der Waals surface area contributed by atoms with Crippen LogP contribution in [0.5, 0.6) is 0 Å². The molecule has 34 heavy (non-hydrogen) atoms. The van der Waals surface area contributed by atoms with Gasteiger partial charge in [-0.2, -0.15) is 0 Å². The summed E-state index contributed by atoms with van der Waals surface area (Å²) in [7, 11) is 0. The number of aromatic nitrogens is 3. The third-order valence-corrected chi connectivity index (χ3v) is 7.31. The highest BCUT2D eigenvalue weighted by Gasteiger charge is 2.22. The minimum atomic E-state index is -0.147. The van der Waals surface area contributed by atoms with E-state index in [4.69, 9.17) is 14.1 Å². The summed E-state index contributed by atoms with van der Waals surface area (Å²) in [6.07, 6.45) is 3.93. The number of carbonyl (C=O) groups is 1. The van der Waals surface area contributed by atoms with Crippen molar-refractivity contribution >= 4 is 28.4 Å². The molecule has 1 fully saturated rings. The second kappa shape index (κ2) is 9.64. The van der Waals surface area contributed by atoms with Crippen molar-refractivity contribution in [2.24, 2.45) is 0 Å². The van der Waals surface area contributed by atoms with E-state index in [2.05, 4.69) is 4.57 Å². The molecule has 0 aliphatic carbocycles. The van der Waals surface area contributed by atoms with Crippen molar-refractivity contribution < 1.29 is 13.9 Å². The predicted octanol–water partition coefficient (Wildman–Crippen LogP) is 4.61. The van der Waals surface area contributed by atoms with Gasteiger partial charge < -0.3 is 13.7 Å². The zero-order valence-electron chi connectivity index (χ0n) is 19.3. The van der Waals surface area contributed by atoms with Crippen molar-refractivity contribution in [2.75, 3.05) is 12.4 Å². The van der Waals surface area contributed by atoms with Gasteiger partial charge in [0.1, 0.15) is 5.76 Å². The fraction of sp³-hybridized carbons (Fsp3) is 0.346. The first-order valence-electron chi connectivity index (χ1n) is 11.5. The molecular weight excluding hydrogens is 450 g/mol. The second-order valence-electron chi connectivity index (χ2n) is 8.62. The fourth-order valence-corrected chi connectivity index (χ4v) is 5.40. The average molecular weight is 478 g/mol. The van der Waals surface area contributed by atoms with Gasteiger partial charge in [0.15, 0.2) is 10.9 Å². The summed E-state index contributed by atoms with van der Waals surface area (Å²) in [5, 5.41) is 1.05. The quantitative estimate of drug-likeness (QED) is 0.209. The van der Waals surface area contributed by atoms with E-state index in [0.29, 0.717) is 27.4 Å². The topological polar surface area (TPSA) is 79.3 Å². The highest BCUT2D eigenvalue weighted by Crippen LogP contribution is 2.24. The number of nitrogens with zero attached hydrogens (tertiary/aromatic N) is 3. The molecule has 0 saturated carbocycles. The Morgan fingerprint density at radius 1 is 1.18 bits per heavy atom. The van der Waals surface area contributed by atoms with E-state index in [-0.39, 0.29) is 29.7 Å². The normalized spacial score (nSPS) is 15.9. The number of hydrogen-bond donors (Lipinski definition) is 0. The molecule has 8 heteroatoms. The van der Waals surface area contributed by atoms with Crippen LogP contribution in [0.2, 0.25) is 0 Å². The minimum Gasteiger partial charge on any atom is -0.467 e. The van der Waals surface area contributed by atoms with Gasteiger partial charge in [0, 0.05) is 30.1 Å². The molecule has 0 bridgehead atoms. The number of aryl methyl sites for hydroxylation is 1. The van der Waals surface area contributed by atoms with E-state index < -0.39 is 0 Å². The highest BCUT2D eigenvalue weighted by molar-refractivity contribution is 7.99. The predicted molar refractivity (Wildman–Crippen MR) is 132 cm³/mol. The van der Waals surface area contributed by atoms with Gasteiger partial charge in [0.25, 0.3) is 5.56 Å². The van der Waals surface area contributed by atoms with Crippen LogP contribution < -0.4 is 5.56 Å². The van der Waals surface area contributed by atoms with Crippen molar-refractivity contribution in [3.63, 3.8) is 0 Å². The van der Waals surface area contributed by atoms with Gasteiger partial charge >= 0.3 is 0 Å². The number of hydrogen-bond acceptors (Lipinski definition) is 6. The van der Waals surface area contributed by atoms with Gasteiger partial charge in [-0.3, -0.25) is 14.2 Å². The highest BCUT2D eigenvalue weighted by atomic mass is 32.2. The number of thioether (sulfide) groups is 1. The van der Waals surface area contributed by atoms with E-state index in [1.54, 1.807) is 23.0 Å². The molecule has 4 aromatic rings. The summed E-state index contributed by atoms with van der Waals surface area (Å²) in [4.78, 5) is 31.2. The molecule has 0 radical (unpaired) electrons. The van der Waals surface area contributed by atoms with Crippen molar-refractivity contribution in [1.82, 2.24) is 14.1 Å². The first kappa shape index (κ1) is 22.7. The van der Waals surface area contributed by atoms with E-state index in [0.717, 1.165) is 37.4 Å². The Morgan fingerprint density at radius 3 is 2.79 bits per heavy atom. The van der Waals surface area contributed by atoms with Crippen LogP contribution in [0.1, 0.15) is 40.3 Å². The SMILES string of the molecule is Cc1cc(C(=O)CSc2nc3ccccc3c(=O)n2Cc2ccco2)c(C)n1C[C@@H]1CCCO1. The molecule has 3 aromatic heterocycles. The number of furan rings is 1. The molecular formula is C26H27N3O4S. The number of fused-ring (bicyclic) bond motifs is 1. The summed E-state index contributed by atoms with van der Waals surface area (Å²) in [5.41, 5.74) is 3.20. The monoisotopic (exact) mass is 477 g/mol. The largest absolute Gasteiger partial charge is 0.467 e.